The first-order valence-electron chi connectivity index (χ1n) is 9.55. The number of carbonyl (C=O) groups is 1. The van der Waals surface area contributed by atoms with Gasteiger partial charge in [0.1, 0.15) is 5.75 Å². The predicted molar refractivity (Wildman–Crippen MR) is 118 cm³/mol. The maximum absolute atomic E-state index is 12.7. The Balaban J connectivity index is 1.75. The average Bonchev–Trinajstić information content (AvgIpc) is 2.68. The van der Waals surface area contributed by atoms with Crippen LogP contribution in [-0.2, 0) is 5.41 Å². The average molecular weight is 389 g/mol. The highest BCUT2D eigenvalue weighted by Gasteiger charge is 2.14. The smallest absolute Gasteiger partial charge is 0.257 e. The molecule has 0 saturated heterocycles. The summed E-state index contributed by atoms with van der Waals surface area (Å²) in [5.74, 6) is 0.519. The van der Waals surface area contributed by atoms with Crippen LogP contribution in [0.4, 0.5) is 17.1 Å². The number of amides is 1. The highest BCUT2D eigenvalue weighted by Crippen LogP contribution is 2.29. The van der Waals surface area contributed by atoms with Gasteiger partial charge in [-0.25, -0.2) is 0 Å². The zero-order chi connectivity index (χ0) is 21.0. The highest BCUT2D eigenvalue weighted by molar-refractivity contribution is 6.04. The SMILES string of the molecule is COc1ccc(C)cc1Nc1cncc(C(=O)Nc2ccc(C(C)(C)C)cc2)c1. The van der Waals surface area contributed by atoms with Gasteiger partial charge in [0.15, 0.2) is 0 Å². The van der Waals surface area contributed by atoms with Crippen molar-refractivity contribution in [2.24, 2.45) is 0 Å². The van der Waals surface area contributed by atoms with Crippen molar-refractivity contribution >= 4 is 23.0 Å². The molecule has 29 heavy (non-hydrogen) atoms. The molecular formula is C24H27N3O2. The molecule has 3 aromatic rings. The fourth-order valence-electron chi connectivity index (χ4n) is 2.96. The number of nitrogens with one attached hydrogen (secondary N) is 2. The van der Waals surface area contributed by atoms with E-state index < -0.39 is 0 Å². The van der Waals surface area contributed by atoms with Gasteiger partial charge < -0.3 is 15.4 Å². The molecule has 0 fully saturated rings. The third kappa shape index (κ3) is 5.13. The fourth-order valence-corrected chi connectivity index (χ4v) is 2.96. The quantitative estimate of drug-likeness (QED) is 0.588. The molecule has 1 aromatic heterocycles. The molecule has 0 saturated carbocycles. The summed E-state index contributed by atoms with van der Waals surface area (Å²) in [6, 6.07) is 15.6. The molecule has 0 unspecified atom stereocenters. The topological polar surface area (TPSA) is 63.2 Å². The first kappa shape index (κ1) is 20.4. The molecule has 0 radical (unpaired) electrons. The maximum Gasteiger partial charge on any atom is 0.257 e. The number of benzene rings is 2. The summed E-state index contributed by atoms with van der Waals surface area (Å²) in [6.45, 7) is 8.49. The van der Waals surface area contributed by atoms with E-state index in [0.29, 0.717) is 11.3 Å². The Hall–Kier alpha value is -3.34. The summed E-state index contributed by atoms with van der Waals surface area (Å²) in [7, 11) is 1.63. The van der Waals surface area contributed by atoms with E-state index in [9.17, 15) is 4.79 Å². The maximum atomic E-state index is 12.7. The van der Waals surface area contributed by atoms with Gasteiger partial charge in [-0.1, -0.05) is 39.0 Å². The van der Waals surface area contributed by atoms with Crippen LogP contribution in [0.25, 0.3) is 0 Å². The Morgan fingerprint density at radius 1 is 0.966 bits per heavy atom. The fraction of sp³-hybridized carbons (Fsp3) is 0.250. The molecule has 0 aliphatic carbocycles. The monoisotopic (exact) mass is 389 g/mol. The molecule has 0 spiro atoms. The Labute approximate surface area is 172 Å². The Bertz CT molecular complexity index is 1010. The second-order valence-electron chi connectivity index (χ2n) is 8.07. The number of anilines is 3. The van der Waals surface area contributed by atoms with Gasteiger partial charge in [-0.15, -0.1) is 0 Å². The zero-order valence-corrected chi connectivity index (χ0v) is 17.5. The van der Waals surface area contributed by atoms with Crippen LogP contribution in [0.1, 0.15) is 42.3 Å². The van der Waals surface area contributed by atoms with E-state index >= 15 is 0 Å². The number of pyridine rings is 1. The summed E-state index contributed by atoms with van der Waals surface area (Å²) in [5.41, 5.74) is 5.16. The summed E-state index contributed by atoms with van der Waals surface area (Å²) in [5, 5.41) is 6.21. The van der Waals surface area contributed by atoms with E-state index in [1.165, 1.54) is 5.56 Å². The van der Waals surface area contributed by atoms with E-state index in [0.717, 1.165) is 22.7 Å². The van der Waals surface area contributed by atoms with E-state index in [1.807, 2.05) is 49.4 Å². The number of aryl methyl sites for hydroxylation is 1. The Morgan fingerprint density at radius 3 is 2.34 bits per heavy atom. The third-order valence-corrected chi connectivity index (χ3v) is 4.64. The normalized spacial score (nSPS) is 11.1. The minimum Gasteiger partial charge on any atom is -0.495 e. The minimum absolute atomic E-state index is 0.0727. The van der Waals surface area contributed by atoms with Crippen LogP contribution in [0, 0.1) is 6.92 Å². The van der Waals surface area contributed by atoms with Gasteiger partial charge in [-0.3, -0.25) is 9.78 Å². The van der Waals surface area contributed by atoms with E-state index in [1.54, 1.807) is 25.6 Å². The lowest BCUT2D eigenvalue weighted by Gasteiger charge is -2.19. The van der Waals surface area contributed by atoms with Crippen LogP contribution in [-0.4, -0.2) is 18.0 Å². The lowest BCUT2D eigenvalue weighted by atomic mass is 9.87. The van der Waals surface area contributed by atoms with Crippen LogP contribution >= 0.6 is 0 Å². The number of ether oxygens (including phenoxy) is 1. The second-order valence-corrected chi connectivity index (χ2v) is 8.07. The summed E-state index contributed by atoms with van der Waals surface area (Å²) < 4.78 is 5.40. The summed E-state index contributed by atoms with van der Waals surface area (Å²) in [6.07, 6.45) is 3.23. The van der Waals surface area contributed by atoms with Crippen molar-refractivity contribution in [3.63, 3.8) is 0 Å². The van der Waals surface area contributed by atoms with Crippen molar-refractivity contribution in [1.29, 1.82) is 0 Å². The lowest BCUT2D eigenvalue weighted by Crippen LogP contribution is -2.14. The molecule has 5 heteroatoms. The second kappa shape index (κ2) is 8.35. The molecule has 150 valence electrons. The number of nitrogens with zero attached hydrogens (tertiary/aromatic N) is 1. The number of methoxy groups -OCH3 is 1. The van der Waals surface area contributed by atoms with Crippen molar-refractivity contribution in [3.05, 3.63) is 77.6 Å². The van der Waals surface area contributed by atoms with Crippen molar-refractivity contribution in [1.82, 2.24) is 4.98 Å². The standard InChI is InChI=1S/C24H27N3O2/c1-16-6-11-22(29-5)21(12-16)26-20-13-17(14-25-15-20)23(28)27-19-9-7-18(8-10-19)24(2,3)4/h6-15,26H,1-5H3,(H,27,28). The van der Waals surface area contributed by atoms with Crippen LogP contribution in [0.3, 0.4) is 0 Å². The minimum atomic E-state index is -0.208. The van der Waals surface area contributed by atoms with Crippen LogP contribution in [0.2, 0.25) is 0 Å². The zero-order valence-electron chi connectivity index (χ0n) is 17.5. The molecule has 0 aliphatic rings. The third-order valence-electron chi connectivity index (χ3n) is 4.64. The van der Waals surface area contributed by atoms with Crippen molar-refractivity contribution in [3.8, 4) is 5.75 Å². The lowest BCUT2D eigenvalue weighted by molar-refractivity contribution is 0.102. The molecule has 0 aliphatic heterocycles. The molecule has 0 bridgehead atoms. The molecule has 3 rings (SSSR count). The first-order chi connectivity index (χ1) is 13.8. The molecule has 0 atom stereocenters. The predicted octanol–water partition coefficient (Wildman–Crippen LogP) is 5.69. The van der Waals surface area contributed by atoms with E-state index in [2.05, 4.69) is 36.4 Å². The molecule has 1 heterocycles. The number of hydrogen-bond acceptors (Lipinski definition) is 4. The Kier molecular flexibility index (Phi) is 5.87. The van der Waals surface area contributed by atoms with Crippen LogP contribution < -0.4 is 15.4 Å². The van der Waals surface area contributed by atoms with Crippen LogP contribution in [0.15, 0.2) is 60.9 Å². The van der Waals surface area contributed by atoms with Crippen LogP contribution in [0.5, 0.6) is 5.75 Å². The molecule has 2 N–H and O–H groups in total. The number of hydrogen-bond donors (Lipinski definition) is 2. The molecule has 1 amide bonds. The molecular weight excluding hydrogens is 362 g/mol. The van der Waals surface area contributed by atoms with Gasteiger partial charge in [0.25, 0.3) is 5.91 Å². The van der Waals surface area contributed by atoms with Gasteiger partial charge >= 0.3 is 0 Å². The number of carbonyl (C=O) groups excluding carboxylic acids is 1. The van der Waals surface area contributed by atoms with Gasteiger partial charge in [0.2, 0.25) is 0 Å². The van der Waals surface area contributed by atoms with Crippen molar-refractivity contribution < 1.29 is 9.53 Å². The van der Waals surface area contributed by atoms with Gasteiger partial charge in [-0.05, 0) is 53.8 Å². The molecule has 5 nitrogen and oxygen atoms in total. The van der Waals surface area contributed by atoms with E-state index in [-0.39, 0.29) is 11.3 Å². The van der Waals surface area contributed by atoms with Crippen molar-refractivity contribution in [2.75, 3.05) is 17.7 Å². The first-order valence-corrected chi connectivity index (χ1v) is 9.55. The highest BCUT2D eigenvalue weighted by atomic mass is 16.5. The summed E-state index contributed by atoms with van der Waals surface area (Å²) in [4.78, 5) is 16.9. The van der Waals surface area contributed by atoms with Gasteiger partial charge in [-0.2, -0.15) is 0 Å². The van der Waals surface area contributed by atoms with Crippen molar-refractivity contribution in [2.45, 2.75) is 33.1 Å². The molecule has 2 aromatic carbocycles. The summed E-state index contributed by atoms with van der Waals surface area (Å²) >= 11 is 0. The number of rotatable bonds is 5. The van der Waals surface area contributed by atoms with E-state index in [4.69, 9.17) is 4.74 Å². The van der Waals surface area contributed by atoms with Gasteiger partial charge in [0.05, 0.1) is 30.2 Å². The largest absolute Gasteiger partial charge is 0.495 e. The number of aromatic nitrogens is 1. The van der Waals surface area contributed by atoms with Gasteiger partial charge in [0, 0.05) is 11.9 Å². The Morgan fingerprint density at radius 2 is 1.69 bits per heavy atom.